The van der Waals surface area contributed by atoms with Crippen molar-refractivity contribution in [2.24, 2.45) is 11.8 Å². The summed E-state index contributed by atoms with van der Waals surface area (Å²) in [5.74, 6) is -2.09. The number of nitrogens with zero attached hydrogens (tertiary/aromatic N) is 1. The van der Waals surface area contributed by atoms with Gasteiger partial charge in [-0.15, -0.1) is 11.8 Å². The number of benzene rings is 2. The minimum absolute atomic E-state index is 0.0488. The van der Waals surface area contributed by atoms with Crippen molar-refractivity contribution in [2.75, 3.05) is 18.5 Å². The van der Waals surface area contributed by atoms with Gasteiger partial charge < -0.3 is 20.1 Å². The molecule has 2 bridgehead atoms. The van der Waals surface area contributed by atoms with E-state index in [1.165, 1.54) is 0 Å². The Bertz CT molecular complexity index is 1180. The summed E-state index contributed by atoms with van der Waals surface area (Å²) in [6.07, 6.45) is 1.83. The molecule has 2 aromatic carbocycles. The Kier molecular flexibility index (Phi) is 7.07. The number of ether oxygens (including phenoxy) is 1. The van der Waals surface area contributed by atoms with Crippen LogP contribution in [0.4, 0.5) is 5.69 Å². The number of amides is 2. The zero-order valence-electron chi connectivity index (χ0n) is 21.5. The normalized spacial score (nSPS) is 28.8. The van der Waals surface area contributed by atoms with Crippen molar-refractivity contribution >= 4 is 35.2 Å². The monoisotopic (exact) mass is 522 g/mol. The Morgan fingerprint density at radius 1 is 1.16 bits per heavy atom. The first-order valence-electron chi connectivity index (χ1n) is 13.0. The number of esters is 1. The minimum atomic E-state index is -0.806. The van der Waals surface area contributed by atoms with Crippen LogP contribution in [-0.4, -0.2) is 63.1 Å². The van der Waals surface area contributed by atoms with E-state index < -0.39 is 28.7 Å². The summed E-state index contributed by atoms with van der Waals surface area (Å²) in [4.78, 5) is 43.0. The predicted octanol–water partition coefficient (Wildman–Crippen LogP) is 3.50. The van der Waals surface area contributed by atoms with Crippen molar-refractivity contribution < 1.29 is 24.2 Å². The van der Waals surface area contributed by atoms with Gasteiger partial charge in [0.2, 0.25) is 11.8 Å². The van der Waals surface area contributed by atoms with Crippen LogP contribution in [0, 0.1) is 25.7 Å². The molecule has 1 spiro atoms. The number of carbonyl (C=O) groups is 3. The largest absolute Gasteiger partial charge is 0.466 e. The molecule has 3 heterocycles. The number of fused-ring (bicyclic) bond motifs is 1. The maximum Gasteiger partial charge on any atom is 0.310 e. The van der Waals surface area contributed by atoms with Gasteiger partial charge in [0.15, 0.2) is 0 Å². The number of aryl methyl sites for hydroxylation is 2. The van der Waals surface area contributed by atoms with Crippen LogP contribution in [0.2, 0.25) is 0 Å². The van der Waals surface area contributed by atoms with Crippen molar-refractivity contribution in [1.82, 2.24) is 4.90 Å². The van der Waals surface area contributed by atoms with E-state index in [0.717, 1.165) is 28.8 Å². The molecule has 2 N–H and O–H groups in total. The lowest BCUT2D eigenvalue weighted by molar-refractivity contribution is -0.154. The first kappa shape index (κ1) is 25.8. The molecule has 0 aromatic heterocycles. The fourth-order valence-electron chi connectivity index (χ4n) is 6.63. The molecule has 3 fully saturated rings. The number of likely N-dealkylation sites (tertiary alicyclic amines) is 1. The van der Waals surface area contributed by atoms with Crippen LogP contribution in [0.3, 0.4) is 0 Å². The first-order chi connectivity index (χ1) is 17.8. The molecule has 0 saturated carbocycles. The number of anilines is 1. The SMILES string of the molecule is CCOC(=O)[C@@H]1[C@@H]2CCC3(S2)C(C(=O)Nc2c(C)cccc2C)N([C@@H](CO)Cc2ccccc2)C(=O)[C@H]13. The van der Waals surface area contributed by atoms with Gasteiger partial charge in [0.05, 0.1) is 35.8 Å². The molecule has 2 amide bonds. The van der Waals surface area contributed by atoms with E-state index in [-0.39, 0.29) is 36.2 Å². The topological polar surface area (TPSA) is 95.9 Å². The quantitative estimate of drug-likeness (QED) is 0.516. The fourth-order valence-corrected chi connectivity index (χ4v) is 8.82. The number of para-hydroxylation sites is 1. The summed E-state index contributed by atoms with van der Waals surface area (Å²) in [5.41, 5.74) is 3.59. The van der Waals surface area contributed by atoms with Crippen molar-refractivity contribution in [3.8, 4) is 0 Å². The van der Waals surface area contributed by atoms with Gasteiger partial charge in [-0.2, -0.15) is 0 Å². The molecule has 0 aliphatic carbocycles. The average Bonchev–Trinajstić information content (AvgIpc) is 3.53. The minimum Gasteiger partial charge on any atom is -0.466 e. The summed E-state index contributed by atoms with van der Waals surface area (Å²) in [5, 5.41) is 13.6. The summed E-state index contributed by atoms with van der Waals surface area (Å²) in [7, 11) is 0. The third-order valence-electron chi connectivity index (χ3n) is 8.19. The second-order valence-electron chi connectivity index (χ2n) is 10.3. The maximum absolute atomic E-state index is 14.2. The van der Waals surface area contributed by atoms with Gasteiger partial charge in [-0.3, -0.25) is 14.4 Å². The Morgan fingerprint density at radius 3 is 2.51 bits per heavy atom. The van der Waals surface area contributed by atoms with E-state index in [0.29, 0.717) is 12.8 Å². The number of hydrogen-bond acceptors (Lipinski definition) is 6. The van der Waals surface area contributed by atoms with Gasteiger partial charge in [0.25, 0.3) is 0 Å². The van der Waals surface area contributed by atoms with Crippen LogP contribution in [0.15, 0.2) is 48.5 Å². The smallest absolute Gasteiger partial charge is 0.310 e. The third-order valence-corrected chi connectivity index (χ3v) is 10.1. The van der Waals surface area contributed by atoms with Gasteiger partial charge in [0, 0.05) is 10.9 Å². The molecule has 3 aliphatic heterocycles. The van der Waals surface area contributed by atoms with Gasteiger partial charge in [-0.05, 0) is 56.7 Å². The van der Waals surface area contributed by atoms with Crippen LogP contribution in [-0.2, 0) is 25.5 Å². The highest BCUT2D eigenvalue weighted by molar-refractivity contribution is 8.02. The number of hydrogen-bond donors (Lipinski definition) is 2. The van der Waals surface area contributed by atoms with Crippen molar-refractivity contribution in [3.63, 3.8) is 0 Å². The Hall–Kier alpha value is -2.84. The average molecular weight is 523 g/mol. The van der Waals surface area contributed by atoms with Crippen LogP contribution in [0.25, 0.3) is 0 Å². The van der Waals surface area contributed by atoms with E-state index in [1.807, 2.05) is 62.4 Å². The van der Waals surface area contributed by atoms with E-state index in [1.54, 1.807) is 23.6 Å². The van der Waals surface area contributed by atoms with Crippen molar-refractivity contribution in [3.05, 3.63) is 65.2 Å². The first-order valence-corrected chi connectivity index (χ1v) is 13.9. The Balaban J connectivity index is 1.56. The highest BCUT2D eigenvalue weighted by Gasteiger charge is 2.74. The summed E-state index contributed by atoms with van der Waals surface area (Å²) >= 11 is 1.60. The lowest BCUT2D eigenvalue weighted by Gasteiger charge is -2.37. The predicted molar refractivity (Wildman–Crippen MR) is 143 cm³/mol. The molecule has 2 aromatic rings. The summed E-state index contributed by atoms with van der Waals surface area (Å²) in [6.45, 7) is 5.61. The van der Waals surface area contributed by atoms with Crippen LogP contribution < -0.4 is 5.32 Å². The van der Waals surface area contributed by atoms with Crippen LogP contribution >= 0.6 is 11.8 Å². The second kappa shape index (κ2) is 10.1. The fraction of sp³-hybridized carbons (Fsp3) is 0.483. The molecule has 0 radical (unpaired) electrons. The summed E-state index contributed by atoms with van der Waals surface area (Å²) in [6, 6.07) is 14.1. The van der Waals surface area contributed by atoms with Gasteiger partial charge in [0.1, 0.15) is 6.04 Å². The maximum atomic E-state index is 14.2. The highest BCUT2D eigenvalue weighted by atomic mass is 32.2. The molecule has 8 heteroatoms. The molecule has 3 aliphatic rings. The van der Waals surface area contributed by atoms with Crippen LogP contribution in [0.1, 0.15) is 36.5 Å². The molecular formula is C29H34N2O5S. The lowest BCUT2D eigenvalue weighted by Crippen LogP contribution is -2.55. The molecule has 7 nitrogen and oxygen atoms in total. The second-order valence-corrected chi connectivity index (χ2v) is 11.9. The number of rotatable bonds is 8. The zero-order valence-corrected chi connectivity index (χ0v) is 22.3. The number of thioether (sulfide) groups is 1. The third kappa shape index (κ3) is 4.24. The molecular weight excluding hydrogens is 488 g/mol. The Morgan fingerprint density at radius 2 is 1.86 bits per heavy atom. The van der Waals surface area contributed by atoms with Gasteiger partial charge >= 0.3 is 5.97 Å². The molecule has 3 saturated heterocycles. The lowest BCUT2D eigenvalue weighted by atomic mass is 9.71. The van der Waals surface area contributed by atoms with Gasteiger partial charge in [-0.1, -0.05) is 48.5 Å². The molecule has 196 valence electrons. The Labute approximate surface area is 222 Å². The van der Waals surface area contributed by atoms with Gasteiger partial charge in [-0.25, -0.2) is 0 Å². The molecule has 6 atom stereocenters. The molecule has 2 unspecified atom stereocenters. The van der Waals surface area contributed by atoms with E-state index in [2.05, 4.69) is 5.32 Å². The number of carbonyl (C=O) groups excluding carboxylic acids is 3. The molecule has 5 rings (SSSR count). The van der Waals surface area contributed by atoms with E-state index in [9.17, 15) is 19.5 Å². The van der Waals surface area contributed by atoms with E-state index in [4.69, 9.17) is 4.74 Å². The van der Waals surface area contributed by atoms with E-state index >= 15 is 0 Å². The number of aliphatic hydroxyl groups is 1. The molecule has 37 heavy (non-hydrogen) atoms. The van der Waals surface area contributed by atoms with Crippen molar-refractivity contribution in [1.29, 1.82) is 0 Å². The zero-order chi connectivity index (χ0) is 26.3. The van der Waals surface area contributed by atoms with Crippen molar-refractivity contribution in [2.45, 2.75) is 62.1 Å². The number of nitrogens with one attached hydrogen (secondary N) is 1. The van der Waals surface area contributed by atoms with Crippen LogP contribution in [0.5, 0.6) is 0 Å². The summed E-state index contributed by atoms with van der Waals surface area (Å²) < 4.78 is 4.67. The number of aliphatic hydroxyl groups excluding tert-OH is 1. The highest BCUT2D eigenvalue weighted by Crippen LogP contribution is 2.66. The standard InChI is InChI=1S/C29H34N2O5S/c1-4-36-28(35)22-21-13-14-29(37-21)23(22)27(34)31(20(16-32)15-19-11-6-5-7-12-19)25(29)26(33)30-24-17(2)9-8-10-18(24)3/h5-12,20-23,25,32H,4,13-16H2,1-3H3,(H,30,33)/t20-,21+,22-,23+,25?,29?/m1/s1.